The molecule has 1 N–H and O–H groups in total. The van der Waals surface area contributed by atoms with Gasteiger partial charge in [-0.1, -0.05) is 71.2 Å². The molecule has 2 amide bonds. The Kier molecular flexibility index (Phi) is 9.81. The first kappa shape index (κ1) is 26.7. The fourth-order valence-electron chi connectivity index (χ4n) is 4.47. The fraction of sp³-hybridized carbons (Fsp3) is 0.310. The van der Waals surface area contributed by atoms with E-state index in [0.717, 1.165) is 44.9 Å². The van der Waals surface area contributed by atoms with Gasteiger partial charge in [0.15, 0.2) is 6.61 Å². The number of hydrogen-bond donors (Lipinski definition) is 1. The molecule has 3 aromatic rings. The molecule has 0 unspecified atom stereocenters. The van der Waals surface area contributed by atoms with Crippen molar-refractivity contribution in [2.24, 2.45) is 0 Å². The van der Waals surface area contributed by atoms with E-state index in [-0.39, 0.29) is 24.5 Å². The molecule has 1 aliphatic rings. The number of ether oxygens (including phenoxy) is 1. The van der Waals surface area contributed by atoms with E-state index in [1.54, 1.807) is 4.90 Å². The van der Waals surface area contributed by atoms with Gasteiger partial charge in [0, 0.05) is 27.1 Å². The van der Waals surface area contributed by atoms with Gasteiger partial charge in [-0.2, -0.15) is 0 Å². The first-order chi connectivity index (χ1) is 17.5. The Morgan fingerprint density at radius 1 is 0.944 bits per heavy atom. The van der Waals surface area contributed by atoms with Crippen molar-refractivity contribution in [1.29, 1.82) is 0 Å². The first-order valence-electron chi connectivity index (χ1n) is 12.2. The third kappa shape index (κ3) is 7.80. The van der Waals surface area contributed by atoms with Crippen LogP contribution in [-0.2, 0) is 22.6 Å². The maximum Gasteiger partial charge on any atom is 0.261 e. The van der Waals surface area contributed by atoms with E-state index in [0.29, 0.717) is 18.7 Å². The maximum atomic E-state index is 13.7. The number of amides is 2. The molecule has 3 aromatic carbocycles. The second kappa shape index (κ2) is 13.2. The van der Waals surface area contributed by atoms with Crippen molar-refractivity contribution in [2.75, 3.05) is 6.61 Å². The molecule has 1 atom stereocenters. The van der Waals surface area contributed by atoms with Crippen LogP contribution in [0.2, 0.25) is 0 Å². The monoisotopic (exact) mass is 660 g/mol. The standard InChI is InChI=1S/C29H30BrIN2O3/c30-23-12-10-22(11-13-23)19-33(28(34)20-36-26-16-14-24(31)15-17-26)27(18-21-6-2-1-3-7-21)29(35)32-25-8-4-5-9-25/h1-3,6-7,10-17,25,27H,4-5,8-9,18-20H2,(H,32,35)/t27-/m1/s1. The highest BCUT2D eigenvalue weighted by Crippen LogP contribution is 2.21. The Labute approximate surface area is 234 Å². The molecule has 5 nitrogen and oxygen atoms in total. The largest absolute Gasteiger partial charge is 0.484 e. The third-order valence-electron chi connectivity index (χ3n) is 6.41. The Morgan fingerprint density at radius 3 is 2.28 bits per heavy atom. The third-order valence-corrected chi connectivity index (χ3v) is 7.66. The van der Waals surface area contributed by atoms with E-state index in [1.165, 1.54) is 0 Å². The average Bonchev–Trinajstić information content (AvgIpc) is 3.40. The van der Waals surface area contributed by atoms with Crippen LogP contribution in [0.1, 0.15) is 36.8 Å². The van der Waals surface area contributed by atoms with Crippen LogP contribution in [-0.4, -0.2) is 35.4 Å². The van der Waals surface area contributed by atoms with Crippen LogP contribution in [0, 0.1) is 3.57 Å². The molecule has 0 bridgehead atoms. The van der Waals surface area contributed by atoms with E-state index in [9.17, 15) is 9.59 Å². The number of hydrogen-bond acceptors (Lipinski definition) is 3. The Bertz CT molecular complexity index is 1130. The van der Waals surface area contributed by atoms with Crippen LogP contribution in [0.15, 0.2) is 83.3 Å². The summed E-state index contributed by atoms with van der Waals surface area (Å²) in [5.41, 5.74) is 1.96. The average molecular weight is 661 g/mol. The van der Waals surface area contributed by atoms with Gasteiger partial charge in [-0.05, 0) is 83.0 Å². The van der Waals surface area contributed by atoms with Gasteiger partial charge in [0.2, 0.25) is 5.91 Å². The van der Waals surface area contributed by atoms with Crippen LogP contribution in [0.4, 0.5) is 0 Å². The second-order valence-electron chi connectivity index (χ2n) is 9.09. The summed E-state index contributed by atoms with van der Waals surface area (Å²) in [5.74, 6) is 0.298. The number of nitrogens with one attached hydrogen (secondary N) is 1. The van der Waals surface area contributed by atoms with E-state index in [1.807, 2.05) is 78.9 Å². The highest BCUT2D eigenvalue weighted by atomic mass is 127. The van der Waals surface area contributed by atoms with Gasteiger partial charge in [-0.3, -0.25) is 9.59 Å². The molecular formula is C29H30BrIN2O3. The topological polar surface area (TPSA) is 58.6 Å². The van der Waals surface area contributed by atoms with Crippen LogP contribution in [0.3, 0.4) is 0 Å². The Morgan fingerprint density at radius 2 is 1.61 bits per heavy atom. The van der Waals surface area contributed by atoms with Gasteiger partial charge in [0.25, 0.3) is 5.91 Å². The summed E-state index contributed by atoms with van der Waals surface area (Å²) in [6.07, 6.45) is 4.66. The molecule has 188 valence electrons. The van der Waals surface area contributed by atoms with Crippen molar-refractivity contribution in [3.63, 3.8) is 0 Å². The van der Waals surface area contributed by atoms with Crippen LogP contribution in [0.5, 0.6) is 5.75 Å². The van der Waals surface area contributed by atoms with Crippen LogP contribution >= 0.6 is 38.5 Å². The minimum Gasteiger partial charge on any atom is -0.484 e. The van der Waals surface area contributed by atoms with Crippen molar-refractivity contribution in [1.82, 2.24) is 10.2 Å². The van der Waals surface area contributed by atoms with Gasteiger partial charge < -0.3 is 15.0 Å². The van der Waals surface area contributed by atoms with E-state index in [2.05, 4.69) is 43.8 Å². The predicted molar refractivity (Wildman–Crippen MR) is 154 cm³/mol. The molecule has 36 heavy (non-hydrogen) atoms. The molecule has 0 saturated heterocycles. The number of benzene rings is 3. The lowest BCUT2D eigenvalue weighted by Crippen LogP contribution is -2.53. The first-order valence-corrected chi connectivity index (χ1v) is 14.1. The molecule has 4 rings (SSSR count). The summed E-state index contributed by atoms with van der Waals surface area (Å²) in [5, 5.41) is 3.23. The summed E-state index contributed by atoms with van der Waals surface area (Å²) in [4.78, 5) is 29.0. The SMILES string of the molecule is O=C(NC1CCCC1)[C@@H](Cc1ccccc1)N(Cc1ccc(Br)cc1)C(=O)COc1ccc(I)cc1. The van der Waals surface area contributed by atoms with Crippen molar-refractivity contribution in [2.45, 2.75) is 50.7 Å². The minimum absolute atomic E-state index is 0.106. The van der Waals surface area contributed by atoms with E-state index >= 15 is 0 Å². The summed E-state index contributed by atoms with van der Waals surface area (Å²) >= 11 is 5.71. The molecule has 1 saturated carbocycles. The lowest BCUT2D eigenvalue weighted by molar-refractivity contribution is -0.143. The molecule has 0 heterocycles. The fourth-order valence-corrected chi connectivity index (χ4v) is 5.09. The molecule has 7 heteroatoms. The summed E-state index contributed by atoms with van der Waals surface area (Å²) in [6.45, 7) is 0.177. The number of carbonyl (C=O) groups excluding carboxylic acids is 2. The zero-order chi connectivity index (χ0) is 25.3. The van der Waals surface area contributed by atoms with Gasteiger partial charge in [-0.25, -0.2) is 0 Å². The molecule has 0 aromatic heterocycles. The van der Waals surface area contributed by atoms with Crippen molar-refractivity contribution in [3.05, 3.63) is 98.0 Å². The summed E-state index contributed by atoms with van der Waals surface area (Å²) < 4.78 is 7.90. The zero-order valence-corrected chi connectivity index (χ0v) is 23.8. The number of nitrogens with zero attached hydrogens (tertiary/aromatic N) is 1. The van der Waals surface area contributed by atoms with Crippen molar-refractivity contribution < 1.29 is 14.3 Å². The molecule has 0 radical (unpaired) electrons. The lowest BCUT2D eigenvalue weighted by atomic mass is 10.0. The molecule has 1 aliphatic carbocycles. The predicted octanol–water partition coefficient (Wildman–Crippen LogP) is 6.13. The summed E-state index contributed by atoms with van der Waals surface area (Å²) in [6, 6.07) is 24.8. The van der Waals surface area contributed by atoms with E-state index < -0.39 is 6.04 Å². The molecular weight excluding hydrogens is 631 g/mol. The normalized spacial score (nSPS) is 14.3. The smallest absolute Gasteiger partial charge is 0.261 e. The van der Waals surface area contributed by atoms with Gasteiger partial charge >= 0.3 is 0 Å². The Hall–Kier alpha value is -2.39. The Balaban J connectivity index is 1.59. The van der Waals surface area contributed by atoms with Crippen LogP contribution in [0.25, 0.3) is 0 Å². The highest BCUT2D eigenvalue weighted by Gasteiger charge is 2.32. The zero-order valence-electron chi connectivity index (χ0n) is 20.0. The second-order valence-corrected chi connectivity index (χ2v) is 11.2. The maximum absolute atomic E-state index is 13.7. The number of halogens is 2. The molecule has 0 aliphatic heterocycles. The van der Waals surface area contributed by atoms with Gasteiger partial charge in [0.05, 0.1) is 0 Å². The van der Waals surface area contributed by atoms with Gasteiger partial charge in [-0.15, -0.1) is 0 Å². The number of carbonyl (C=O) groups is 2. The number of rotatable bonds is 10. The van der Waals surface area contributed by atoms with Crippen molar-refractivity contribution in [3.8, 4) is 5.75 Å². The van der Waals surface area contributed by atoms with E-state index in [4.69, 9.17) is 4.74 Å². The quantitative estimate of drug-likeness (QED) is 0.266. The minimum atomic E-state index is -0.649. The molecule has 0 spiro atoms. The lowest BCUT2D eigenvalue weighted by Gasteiger charge is -2.32. The van der Waals surface area contributed by atoms with Crippen molar-refractivity contribution >= 4 is 50.3 Å². The van der Waals surface area contributed by atoms with Gasteiger partial charge in [0.1, 0.15) is 11.8 Å². The summed E-state index contributed by atoms with van der Waals surface area (Å²) in [7, 11) is 0. The highest BCUT2D eigenvalue weighted by molar-refractivity contribution is 14.1. The molecule has 1 fully saturated rings. The van der Waals surface area contributed by atoms with Crippen LogP contribution < -0.4 is 10.1 Å².